The van der Waals surface area contributed by atoms with Gasteiger partial charge in [-0.25, -0.2) is 4.79 Å². The molecule has 2 nitrogen and oxygen atoms in total. The molecule has 0 bridgehead atoms. The first-order chi connectivity index (χ1) is 6.69. The summed E-state index contributed by atoms with van der Waals surface area (Å²) in [5.41, 5.74) is 1.98. The fraction of sp³-hybridized carbons (Fsp3) is 0.250. The number of aryl methyl sites for hydroxylation is 1. The van der Waals surface area contributed by atoms with Crippen LogP contribution in [0.5, 0.6) is 0 Å². The lowest BCUT2D eigenvalue weighted by Gasteiger charge is -2.03. The van der Waals surface area contributed by atoms with Crippen molar-refractivity contribution in [1.82, 2.24) is 0 Å². The number of carbonyl (C=O) groups is 1. The summed E-state index contributed by atoms with van der Waals surface area (Å²) < 4.78 is 0. The Balaban J connectivity index is 3.13. The SMILES string of the molecule is C#Cc1cc(C(=O)O)ccc1CCC. The summed E-state index contributed by atoms with van der Waals surface area (Å²) in [6, 6.07) is 4.93. The third kappa shape index (κ3) is 2.14. The number of hydrogen-bond donors (Lipinski definition) is 1. The first kappa shape index (κ1) is 10.3. The van der Waals surface area contributed by atoms with Crippen LogP contribution in [0.3, 0.4) is 0 Å². The third-order valence-corrected chi connectivity index (χ3v) is 2.03. The summed E-state index contributed by atoms with van der Waals surface area (Å²) in [7, 11) is 0. The minimum absolute atomic E-state index is 0.248. The van der Waals surface area contributed by atoms with Crippen LogP contribution in [0.4, 0.5) is 0 Å². The van der Waals surface area contributed by atoms with Crippen LogP contribution in [0, 0.1) is 12.3 Å². The average Bonchev–Trinajstić information content (AvgIpc) is 2.18. The molecule has 2 heteroatoms. The van der Waals surface area contributed by atoms with Gasteiger partial charge in [0.25, 0.3) is 0 Å². The van der Waals surface area contributed by atoms with Crippen molar-refractivity contribution in [2.75, 3.05) is 0 Å². The molecule has 1 rings (SSSR count). The van der Waals surface area contributed by atoms with Gasteiger partial charge in [-0.3, -0.25) is 0 Å². The lowest BCUT2D eigenvalue weighted by molar-refractivity contribution is 0.0697. The van der Waals surface area contributed by atoms with E-state index in [1.54, 1.807) is 18.2 Å². The van der Waals surface area contributed by atoms with E-state index in [2.05, 4.69) is 12.8 Å². The Labute approximate surface area is 83.6 Å². The van der Waals surface area contributed by atoms with Gasteiger partial charge in [0, 0.05) is 5.56 Å². The molecular formula is C12H12O2. The Morgan fingerprint density at radius 1 is 1.57 bits per heavy atom. The Morgan fingerprint density at radius 2 is 2.29 bits per heavy atom. The van der Waals surface area contributed by atoms with E-state index in [-0.39, 0.29) is 5.56 Å². The first-order valence-corrected chi connectivity index (χ1v) is 4.52. The fourth-order valence-corrected chi connectivity index (χ4v) is 1.33. The van der Waals surface area contributed by atoms with Gasteiger partial charge in [-0.1, -0.05) is 25.3 Å². The molecule has 0 aromatic heterocycles. The maximum atomic E-state index is 10.7. The van der Waals surface area contributed by atoms with Gasteiger partial charge in [0.1, 0.15) is 0 Å². The molecule has 0 radical (unpaired) electrons. The molecule has 0 amide bonds. The molecule has 0 fully saturated rings. The zero-order valence-electron chi connectivity index (χ0n) is 8.08. The molecule has 0 unspecified atom stereocenters. The summed E-state index contributed by atoms with van der Waals surface area (Å²) in [6.45, 7) is 2.06. The number of carboxylic acid groups (broad SMARTS) is 1. The zero-order valence-corrected chi connectivity index (χ0v) is 8.08. The van der Waals surface area contributed by atoms with Crippen LogP contribution in [0.2, 0.25) is 0 Å². The van der Waals surface area contributed by atoms with Gasteiger partial charge in [-0.15, -0.1) is 6.42 Å². The Hall–Kier alpha value is -1.75. The predicted octanol–water partition coefficient (Wildman–Crippen LogP) is 2.32. The standard InChI is InChI=1S/C12H12O2/c1-3-5-10-6-7-11(12(13)14)8-9(10)4-2/h2,6-8H,3,5H2,1H3,(H,13,14). The van der Waals surface area contributed by atoms with Crippen LogP contribution in [0.15, 0.2) is 18.2 Å². The van der Waals surface area contributed by atoms with Crippen LogP contribution in [0.1, 0.15) is 34.8 Å². The second-order valence-electron chi connectivity index (χ2n) is 3.07. The summed E-state index contributed by atoms with van der Waals surface area (Å²) in [4.78, 5) is 10.7. The van der Waals surface area contributed by atoms with Crippen LogP contribution < -0.4 is 0 Å². The van der Waals surface area contributed by atoms with E-state index in [0.717, 1.165) is 18.4 Å². The Kier molecular flexibility index (Phi) is 3.30. The molecule has 72 valence electrons. The first-order valence-electron chi connectivity index (χ1n) is 4.52. The molecule has 1 aromatic carbocycles. The molecule has 1 aromatic rings. The van der Waals surface area contributed by atoms with Gasteiger partial charge in [-0.2, -0.15) is 0 Å². The monoisotopic (exact) mass is 188 g/mol. The highest BCUT2D eigenvalue weighted by atomic mass is 16.4. The van der Waals surface area contributed by atoms with Crippen molar-refractivity contribution in [2.24, 2.45) is 0 Å². The van der Waals surface area contributed by atoms with Crippen LogP contribution in [0.25, 0.3) is 0 Å². The normalized spacial score (nSPS) is 9.43. The maximum absolute atomic E-state index is 10.7. The molecule has 1 N–H and O–H groups in total. The summed E-state index contributed by atoms with van der Waals surface area (Å²) in [5, 5.41) is 8.76. The van der Waals surface area contributed by atoms with E-state index in [4.69, 9.17) is 11.5 Å². The van der Waals surface area contributed by atoms with Gasteiger partial charge in [0.15, 0.2) is 0 Å². The Bertz CT molecular complexity index is 386. The molecule has 0 aliphatic rings. The van der Waals surface area contributed by atoms with Gasteiger partial charge in [0.2, 0.25) is 0 Å². The third-order valence-electron chi connectivity index (χ3n) is 2.03. The molecule has 0 aliphatic heterocycles. The highest BCUT2D eigenvalue weighted by Gasteiger charge is 2.05. The molecule has 0 saturated heterocycles. The van der Waals surface area contributed by atoms with Crippen molar-refractivity contribution in [3.63, 3.8) is 0 Å². The van der Waals surface area contributed by atoms with Crippen LogP contribution >= 0.6 is 0 Å². The van der Waals surface area contributed by atoms with Crippen molar-refractivity contribution >= 4 is 5.97 Å². The smallest absolute Gasteiger partial charge is 0.335 e. The van der Waals surface area contributed by atoms with E-state index in [9.17, 15) is 4.79 Å². The second kappa shape index (κ2) is 4.48. The molecular weight excluding hydrogens is 176 g/mol. The number of carboxylic acids is 1. The van der Waals surface area contributed by atoms with Gasteiger partial charge >= 0.3 is 5.97 Å². The fourth-order valence-electron chi connectivity index (χ4n) is 1.33. The molecule has 0 aliphatic carbocycles. The van der Waals surface area contributed by atoms with Gasteiger partial charge in [0.05, 0.1) is 5.56 Å². The number of hydrogen-bond acceptors (Lipinski definition) is 1. The highest BCUT2D eigenvalue weighted by Crippen LogP contribution is 2.13. The van der Waals surface area contributed by atoms with Gasteiger partial charge < -0.3 is 5.11 Å². The average molecular weight is 188 g/mol. The topological polar surface area (TPSA) is 37.3 Å². The van der Waals surface area contributed by atoms with E-state index < -0.39 is 5.97 Å². The summed E-state index contributed by atoms with van der Waals surface area (Å²) >= 11 is 0. The molecule has 14 heavy (non-hydrogen) atoms. The van der Waals surface area contributed by atoms with E-state index >= 15 is 0 Å². The minimum atomic E-state index is -0.940. The Morgan fingerprint density at radius 3 is 2.79 bits per heavy atom. The number of terminal acetylenes is 1. The van der Waals surface area contributed by atoms with Crippen molar-refractivity contribution in [3.8, 4) is 12.3 Å². The van der Waals surface area contributed by atoms with Gasteiger partial charge in [-0.05, 0) is 24.1 Å². The van der Waals surface area contributed by atoms with Crippen molar-refractivity contribution in [3.05, 3.63) is 34.9 Å². The maximum Gasteiger partial charge on any atom is 0.335 e. The molecule has 0 saturated carbocycles. The van der Waals surface area contributed by atoms with E-state index in [1.807, 2.05) is 0 Å². The number of rotatable bonds is 3. The molecule has 0 heterocycles. The summed E-state index contributed by atoms with van der Waals surface area (Å²) in [6.07, 6.45) is 7.20. The van der Waals surface area contributed by atoms with E-state index in [0.29, 0.717) is 5.56 Å². The van der Waals surface area contributed by atoms with Crippen molar-refractivity contribution in [2.45, 2.75) is 19.8 Å². The number of aromatic carboxylic acids is 1. The second-order valence-corrected chi connectivity index (χ2v) is 3.07. The largest absolute Gasteiger partial charge is 0.478 e. The lowest BCUT2D eigenvalue weighted by Crippen LogP contribution is -1.99. The van der Waals surface area contributed by atoms with Crippen molar-refractivity contribution in [1.29, 1.82) is 0 Å². The predicted molar refractivity (Wildman–Crippen MR) is 55.3 cm³/mol. The number of benzene rings is 1. The zero-order chi connectivity index (χ0) is 10.6. The van der Waals surface area contributed by atoms with Crippen LogP contribution in [-0.2, 0) is 6.42 Å². The highest BCUT2D eigenvalue weighted by molar-refractivity contribution is 5.88. The quantitative estimate of drug-likeness (QED) is 0.739. The summed E-state index contributed by atoms with van der Waals surface area (Å²) in [5.74, 6) is 1.57. The lowest BCUT2D eigenvalue weighted by atomic mass is 10.0. The van der Waals surface area contributed by atoms with Crippen LogP contribution in [-0.4, -0.2) is 11.1 Å². The molecule has 0 atom stereocenters. The van der Waals surface area contributed by atoms with E-state index in [1.165, 1.54) is 0 Å². The minimum Gasteiger partial charge on any atom is -0.478 e. The molecule has 0 spiro atoms. The van der Waals surface area contributed by atoms with Crippen molar-refractivity contribution < 1.29 is 9.90 Å².